The first-order valence-corrected chi connectivity index (χ1v) is 7.15. The lowest BCUT2D eigenvalue weighted by Gasteiger charge is -2.41. The van der Waals surface area contributed by atoms with Crippen molar-refractivity contribution in [3.05, 3.63) is 35.4 Å². The number of rotatable bonds is 1. The summed E-state index contributed by atoms with van der Waals surface area (Å²) in [5.41, 5.74) is 9.58. The van der Waals surface area contributed by atoms with Crippen LogP contribution in [0.2, 0.25) is 0 Å². The predicted octanol–water partition coefficient (Wildman–Crippen LogP) is 3.25. The van der Waals surface area contributed by atoms with Gasteiger partial charge in [-0.3, -0.25) is 4.90 Å². The molecule has 0 bridgehead atoms. The topological polar surface area (TPSA) is 29.3 Å². The summed E-state index contributed by atoms with van der Waals surface area (Å²) in [6, 6.07) is 9.52. The van der Waals surface area contributed by atoms with Gasteiger partial charge in [0.25, 0.3) is 0 Å². The maximum Gasteiger partial charge on any atom is 0.0369 e. The molecule has 1 aromatic rings. The van der Waals surface area contributed by atoms with Crippen molar-refractivity contribution < 1.29 is 0 Å². The molecular weight excluding hydrogens is 220 g/mol. The van der Waals surface area contributed by atoms with E-state index in [1.165, 1.54) is 37.1 Å². The fourth-order valence-electron chi connectivity index (χ4n) is 3.73. The molecule has 0 radical (unpaired) electrons. The molecule has 1 fully saturated rings. The molecule has 98 valence electrons. The molecule has 2 aliphatic rings. The first-order chi connectivity index (χ1) is 8.57. The molecule has 2 nitrogen and oxygen atoms in total. The van der Waals surface area contributed by atoms with Gasteiger partial charge < -0.3 is 5.73 Å². The number of likely N-dealkylation sites (tertiary alicyclic amines) is 1. The standard InChI is InChI=1S/C16H24N2/c1-16(2)8-5-9-18(11-16)15-10-14(17)12-6-3-4-7-13(12)15/h3-4,6-7,14-15H,5,8-11,17H2,1-2H3. The van der Waals surface area contributed by atoms with Gasteiger partial charge in [0.2, 0.25) is 0 Å². The molecule has 0 saturated carbocycles. The van der Waals surface area contributed by atoms with Crippen LogP contribution in [-0.2, 0) is 0 Å². The maximum absolute atomic E-state index is 6.28. The second kappa shape index (κ2) is 4.36. The Morgan fingerprint density at radius 1 is 1.22 bits per heavy atom. The average molecular weight is 244 g/mol. The zero-order valence-corrected chi connectivity index (χ0v) is 11.5. The van der Waals surface area contributed by atoms with Crippen molar-refractivity contribution in [2.45, 2.75) is 45.2 Å². The summed E-state index contributed by atoms with van der Waals surface area (Å²) in [4.78, 5) is 2.66. The normalized spacial score (nSPS) is 31.3. The average Bonchev–Trinajstić information content (AvgIpc) is 2.66. The molecule has 2 unspecified atom stereocenters. The van der Waals surface area contributed by atoms with E-state index in [9.17, 15) is 0 Å². The molecule has 0 aromatic heterocycles. The van der Waals surface area contributed by atoms with Gasteiger partial charge in [-0.1, -0.05) is 38.1 Å². The van der Waals surface area contributed by atoms with Crippen molar-refractivity contribution >= 4 is 0 Å². The predicted molar refractivity (Wildman–Crippen MR) is 75.3 cm³/mol. The lowest BCUT2D eigenvalue weighted by molar-refractivity contribution is 0.0762. The molecule has 3 rings (SSSR count). The van der Waals surface area contributed by atoms with E-state index in [1.807, 2.05) is 0 Å². The molecule has 2 N–H and O–H groups in total. The minimum Gasteiger partial charge on any atom is -0.324 e. The smallest absolute Gasteiger partial charge is 0.0369 e. The highest BCUT2D eigenvalue weighted by atomic mass is 15.2. The van der Waals surface area contributed by atoms with E-state index < -0.39 is 0 Å². The van der Waals surface area contributed by atoms with Crippen LogP contribution >= 0.6 is 0 Å². The fourth-order valence-corrected chi connectivity index (χ4v) is 3.73. The highest BCUT2D eigenvalue weighted by molar-refractivity contribution is 5.37. The summed E-state index contributed by atoms with van der Waals surface area (Å²) < 4.78 is 0. The number of piperidine rings is 1. The third-order valence-electron chi connectivity index (χ3n) is 4.60. The van der Waals surface area contributed by atoms with Gasteiger partial charge in [0, 0.05) is 18.6 Å². The summed E-state index contributed by atoms with van der Waals surface area (Å²) in [6.45, 7) is 7.22. The molecular formula is C16H24N2. The number of benzene rings is 1. The van der Waals surface area contributed by atoms with Crippen LogP contribution in [0.25, 0.3) is 0 Å². The van der Waals surface area contributed by atoms with Gasteiger partial charge in [0.15, 0.2) is 0 Å². The molecule has 2 atom stereocenters. The van der Waals surface area contributed by atoms with E-state index in [2.05, 4.69) is 43.0 Å². The minimum absolute atomic E-state index is 0.233. The van der Waals surface area contributed by atoms with Gasteiger partial charge in [-0.15, -0.1) is 0 Å². The number of hydrogen-bond acceptors (Lipinski definition) is 2. The Morgan fingerprint density at radius 3 is 2.67 bits per heavy atom. The Balaban J connectivity index is 1.86. The maximum atomic E-state index is 6.28. The molecule has 1 saturated heterocycles. The Hall–Kier alpha value is -0.860. The van der Waals surface area contributed by atoms with E-state index in [1.54, 1.807) is 0 Å². The molecule has 1 aliphatic carbocycles. The monoisotopic (exact) mass is 244 g/mol. The fraction of sp³-hybridized carbons (Fsp3) is 0.625. The summed E-state index contributed by atoms with van der Waals surface area (Å²) in [5.74, 6) is 0. The number of nitrogens with two attached hydrogens (primary N) is 1. The van der Waals surface area contributed by atoms with Gasteiger partial charge in [0.05, 0.1) is 0 Å². The van der Waals surface area contributed by atoms with Crippen molar-refractivity contribution in [2.24, 2.45) is 11.1 Å². The van der Waals surface area contributed by atoms with E-state index in [0.717, 1.165) is 6.42 Å². The Kier molecular flexibility index (Phi) is 2.95. The molecule has 1 aliphatic heterocycles. The van der Waals surface area contributed by atoms with Gasteiger partial charge in [-0.05, 0) is 42.3 Å². The summed E-state index contributed by atoms with van der Waals surface area (Å²) in [7, 11) is 0. The van der Waals surface area contributed by atoms with E-state index in [0.29, 0.717) is 11.5 Å². The summed E-state index contributed by atoms with van der Waals surface area (Å²) in [6.07, 6.45) is 3.76. The van der Waals surface area contributed by atoms with E-state index in [4.69, 9.17) is 5.73 Å². The Labute approximate surface area is 110 Å². The first kappa shape index (κ1) is 12.2. The quantitative estimate of drug-likeness (QED) is 0.821. The molecule has 1 aromatic carbocycles. The molecule has 0 spiro atoms. The number of nitrogens with zero attached hydrogens (tertiary/aromatic N) is 1. The number of fused-ring (bicyclic) bond motifs is 1. The van der Waals surface area contributed by atoms with Crippen LogP contribution in [0.1, 0.15) is 56.3 Å². The van der Waals surface area contributed by atoms with Crippen LogP contribution in [0.15, 0.2) is 24.3 Å². The second-order valence-electron chi connectivity index (χ2n) is 6.73. The zero-order valence-electron chi connectivity index (χ0n) is 11.5. The van der Waals surface area contributed by atoms with Crippen molar-refractivity contribution in [2.75, 3.05) is 13.1 Å². The Bertz CT molecular complexity index is 438. The minimum atomic E-state index is 0.233. The second-order valence-corrected chi connectivity index (χ2v) is 6.73. The third kappa shape index (κ3) is 2.08. The first-order valence-electron chi connectivity index (χ1n) is 7.15. The molecule has 18 heavy (non-hydrogen) atoms. The van der Waals surface area contributed by atoms with Gasteiger partial charge >= 0.3 is 0 Å². The summed E-state index contributed by atoms with van der Waals surface area (Å²) >= 11 is 0. The van der Waals surface area contributed by atoms with Crippen LogP contribution < -0.4 is 5.73 Å². The van der Waals surface area contributed by atoms with Crippen molar-refractivity contribution in [3.63, 3.8) is 0 Å². The molecule has 2 heteroatoms. The third-order valence-corrected chi connectivity index (χ3v) is 4.60. The van der Waals surface area contributed by atoms with Crippen LogP contribution in [-0.4, -0.2) is 18.0 Å². The summed E-state index contributed by atoms with van der Waals surface area (Å²) in [5, 5.41) is 0. The number of hydrogen-bond donors (Lipinski definition) is 1. The lowest BCUT2D eigenvalue weighted by atomic mass is 9.83. The van der Waals surface area contributed by atoms with Gasteiger partial charge in [-0.2, -0.15) is 0 Å². The molecule has 0 amide bonds. The van der Waals surface area contributed by atoms with Crippen LogP contribution in [0.3, 0.4) is 0 Å². The largest absolute Gasteiger partial charge is 0.324 e. The molecule has 1 heterocycles. The van der Waals surface area contributed by atoms with Gasteiger partial charge in [-0.25, -0.2) is 0 Å². The van der Waals surface area contributed by atoms with Crippen molar-refractivity contribution in [1.82, 2.24) is 4.90 Å². The SMILES string of the molecule is CC1(C)CCCN(C2CC(N)c3ccccc32)C1. The van der Waals surface area contributed by atoms with Crippen LogP contribution in [0.5, 0.6) is 0 Å². The zero-order chi connectivity index (χ0) is 12.8. The highest BCUT2D eigenvalue weighted by Crippen LogP contribution is 2.43. The van der Waals surface area contributed by atoms with Crippen molar-refractivity contribution in [1.29, 1.82) is 0 Å². The van der Waals surface area contributed by atoms with Crippen molar-refractivity contribution in [3.8, 4) is 0 Å². The lowest BCUT2D eigenvalue weighted by Crippen LogP contribution is -2.41. The van der Waals surface area contributed by atoms with E-state index in [-0.39, 0.29) is 6.04 Å². The Morgan fingerprint density at radius 2 is 1.94 bits per heavy atom. The van der Waals surface area contributed by atoms with Crippen LogP contribution in [0, 0.1) is 5.41 Å². The van der Waals surface area contributed by atoms with Gasteiger partial charge in [0.1, 0.15) is 0 Å². The van der Waals surface area contributed by atoms with E-state index >= 15 is 0 Å². The van der Waals surface area contributed by atoms with Crippen LogP contribution in [0.4, 0.5) is 0 Å². The highest BCUT2D eigenvalue weighted by Gasteiger charge is 2.36.